The topological polar surface area (TPSA) is 49.4 Å². The van der Waals surface area contributed by atoms with E-state index in [0.29, 0.717) is 25.3 Å². The van der Waals surface area contributed by atoms with E-state index in [1.165, 1.54) is 5.56 Å². The summed E-state index contributed by atoms with van der Waals surface area (Å²) in [5, 5.41) is 3.03. The van der Waals surface area contributed by atoms with E-state index in [2.05, 4.69) is 16.3 Å². The van der Waals surface area contributed by atoms with Crippen LogP contribution in [0.4, 0.5) is 5.69 Å². The van der Waals surface area contributed by atoms with Gasteiger partial charge in [0.25, 0.3) is 0 Å². The number of nitrogens with zero attached hydrogens (tertiary/aromatic N) is 1. The Labute approximate surface area is 119 Å². The van der Waals surface area contributed by atoms with Crippen LogP contribution < -0.4 is 5.32 Å². The van der Waals surface area contributed by atoms with Crippen LogP contribution >= 0.6 is 0 Å². The number of carbonyl (C=O) groups excluding carboxylic acids is 2. The summed E-state index contributed by atoms with van der Waals surface area (Å²) in [6, 6.07) is 7.87. The van der Waals surface area contributed by atoms with Gasteiger partial charge < -0.3 is 5.32 Å². The highest BCUT2D eigenvalue weighted by molar-refractivity contribution is 5.96. The zero-order valence-corrected chi connectivity index (χ0v) is 11.8. The van der Waals surface area contributed by atoms with Crippen LogP contribution in [0.1, 0.15) is 25.3 Å². The molecule has 2 aliphatic heterocycles. The van der Waals surface area contributed by atoms with Gasteiger partial charge in [-0.15, -0.1) is 0 Å². The summed E-state index contributed by atoms with van der Waals surface area (Å²) in [5.74, 6) is 0.428. The van der Waals surface area contributed by atoms with Crippen LogP contribution in [-0.2, 0) is 16.0 Å². The Morgan fingerprint density at radius 1 is 1.20 bits per heavy atom. The van der Waals surface area contributed by atoms with Crippen molar-refractivity contribution in [1.82, 2.24) is 4.90 Å². The molecule has 106 valence electrons. The molecule has 0 spiro atoms. The summed E-state index contributed by atoms with van der Waals surface area (Å²) in [6.07, 6.45) is 2.29. The Hall–Kier alpha value is -1.68. The number of hydrogen-bond donors (Lipinski definition) is 1. The average Bonchev–Trinajstić information content (AvgIpc) is 2.60. The lowest BCUT2D eigenvalue weighted by Gasteiger charge is -2.35. The molecule has 4 heteroatoms. The van der Waals surface area contributed by atoms with Crippen LogP contribution in [0.25, 0.3) is 0 Å². The lowest BCUT2D eigenvalue weighted by molar-refractivity contribution is -0.130. The molecule has 1 amide bonds. The lowest BCUT2D eigenvalue weighted by Crippen LogP contribution is -2.50. The SMILES string of the molecule is CC1CN(C2CCc3ccccc3NC2=O)CCC1=O. The number of fused-ring (bicyclic) bond motifs is 1. The standard InChI is InChI=1S/C16H20N2O2/c1-11-10-18(9-8-15(11)19)14-7-6-12-4-2-3-5-13(12)17-16(14)20/h2-5,11,14H,6-10H2,1H3,(H,17,20). The molecule has 2 unspecified atom stereocenters. The van der Waals surface area contributed by atoms with Crippen molar-refractivity contribution in [3.05, 3.63) is 29.8 Å². The van der Waals surface area contributed by atoms with Crippen LogP contribution in [0.5, 0.6) is 0 Å². The number of ketones is 1. The van der Waals surface area contributed by atoms with E-state index in [4.69, 9.17) is 0 Å². The van der Waals surface area contributed by atoms with Crippen molar-refractivity contribution in [1.29, 1.82) is 0 Å². The fraction of sp³-hybridized carbons (Fsp3) is 0.500. The third-order valence-electron chi connectivity index (χ3n) is 4.41. The fourth-order valence-corrected chi connectivity index (χ4v) is 3.18. The van der Waals surface area contributed by atoms with Crippen molar-refractivity contribution in [3.8, 4) is 0 Å². The van der Waals surface area contributed by atoms with Crippen molar-refractivity contribution in [2.45, 2.75) is 32.2 Å². The maximum absolute atomic E-state index is 12.4. The average molecular weight is 272 g/mol. The maximum Gasteiger partial charge on any atom is 0.241 e. The van der Waals surface area contributed by atoms with Gasteiger partial charge in [-0.05, 0) is 24.5 Å². The molecule has 1 aromatic rings. The minimum absolute atomic E-state index is 0.0437. The first-order chi connectivity index (χ1) is 9.65. The summed E-state index contributed by atoms with van der Waals surface area (Å²) in [7, 11) is 0. The number of nitrogens with one attached hydrogen (secondary N) is 1. The van der Waals surface area contributed by atoms with Gasteiger partial charge in [-0.2, -0.15) is 0 Å². The highest BCUT2D eigenvalue weighted by atomic mass is 16.2. The van der Waals surface area contributed by atoms with Crippen molar-refractivity contribution in [3.63, 3.8) is 0 Å². The number of piperidine rings is 1. The van der Waals surface area contributed by atoms with Crippen molar-refractivity contribution >= 4 is 17.4 Å². The number of rotatable bonds is 1. The van der Waals surface area contributed by atoms with E-state index in [0.717, 1.165) is 18.5 Å². The second-order valence-corrected chi connectivity index (χ2v) is 5.81. The Morgan fingerprint density at radius 2 is 2.00 bits per heavy atom. The van der Waals surface area contributed by atoms with Gasteiger partial charge in [0.05, 0.1) is 6.04 Å². The third kappa shape index (κ3) is 2.48. The highest BCUT2D eigenvalue weighted by Gasteiger charge is 2.33. The molecule has 2 atom stereocenters. The van der Waals surface area contributed by atoms with Crippen molar-refractivity contribution in [2.75, 3.05) is 18.4 Å². The van der Waals surface area contributed by atoms with E-state index in [9.17, 15) is 9.59 Å². The number of aryl methyl sites for hydroxylation is 1. The minimum atomic E-state index is -0.113. The molecule has 2 heterocycles. The molecular formula is C16H20N2O2. The van der Waals surface area contributed by atoms with Gasteiger partial charge in [-0.1, -0.05) is 25.1 Å². The van der Waals surface area contributed by atoms with Gasteiger partial charge in [0.2, 0.25) is 5.91 Å². The van der Waals surface area contributed by atoms with Crippen LogP contribution in [-0.4, -0.2) is 35.7 Å². The van der Waals surface area contributed by atoms with Crippen LogP contribution in [0, 0.1) is 5.92 Å². The highest BCUT2D eigenvalue weighted by Crippen LogP contribution is 2.25. The summed E-state index contributed by atoms with van der Waals surface area (Å²) >= 11 is 0. The summed E-state index contributed by atoms with van der Waals surface area (Å²) in [6.45, 7) is 3.36. The van der Waals surface area contributed by atoms with Gasteiger partial charge in [-0.25, -0.2) is 0 Å². The Bertz CT molecular complexity index is 541. The number of anilines is 1. The molecule has 0 bridgehead atoms. The number of likely N-dealkylation sites (tertiary alicyclic amines) is 1. The van der Waals surface area contributed by atoms with E-state index in [-0.39, 0.29) is 17.9 Å². The predicted octanol–water partition coefficient (Wildman–Crippen LogP) is 1.85. The number of amides is 1. The van der Waals surface area contributed by atoms with Crippen molar-refractivity contribution < 1.29 is 9.59 Å². The molecule has 0 aromatic heterocycles. The second-order valence-electron chi connectivity index (χ2n) is 5.81. The van der Waals surface area contributed by atoms with Gasteiger partial charge in [0, 0.05) is 31.1 Å². The Kier molecular flexibility index (Phi) is 3.57. The molecular weight excluding hydrogens is 252 g/mol. The molecule has 0 radical (unpaired) electrons. The number of para-hydroxylation sites is 1. The number of Topliss-reactive ketones (excluding diaryl/α,β-unsaturated/α-hetero) is 1. The number of carbonyl (C=O) groups is 2. The van der Waals surface area contributed by atoms with E-state index in [1.807, 2.05) is 25.1 Å². The quantitative estimate of drug-likeness (QED) is 0.849. The monoisotopic (exact) mass is 272 g/mol. The van der Waals surface area contributed by atoms with Gasteiger partial charge >= 0.3 is 0 Å². The van der Waals surface area contributed by atoms with Crippen molar-refractivity contribution in [2.24, 2.45) is 5.92 Å². The fourth-order valence-electron chi connectivity index (χ4n) is 3.18. The molecule has 1 fully saturated rings. The summed E-state index contributed by atoms with van der Waals surface area (Å²) in [5.41, 5.74) is 2.13. The molecule has 3 rings (SSSR count). The molecule has 1 aromatic carbocycles. The normalized spacial score (nSPS) is 27.6. The van der Waals surface area contributed by atoms with Gasteiger partial charge in [-0.3, -0.25) is 14.5 Å². The first-order valence-corrected chi connectivity index (χ1v) is 7.30. The molecule has 0 aliphatic carbocycles. The first kappa shape index (κ1) is 13.3. The smallest absolute Gasteiger partial charge is 0.241 e. The molecule has 4 nitrogen and oxygen atoms in total. The zero-order valence-electron chi connectivity index (χ0n) is 11.8. The molecule has 2 aliphatic rings. The van der Waals surface area contributed by atoms with E-state index < -0.39 is 0 Å². The van der Waals surface area contributed by atoms with Gasteiger partial charge in [0.1, 0.15) is 5.78 Å². The van der Waals surface area contributed by atoms with E-state index in [1.54, 1.807) is 0 Å². The van der Waals surface area contributed by atoms with Crippen LogP contribution in [0.2, 0.25) is 0 Å². The minimum Gasteiger partial charge on any atom is -0.324 e. The largest absolute Gasteiger partial charge is 0.324 e. The second kappa shape index (κ2) is 5.37. The molecule has 1 N–H and O–H groups in total. The lowest BCUT2D eigenvalue weighted by atomic mass is 9.95. The van der Waals surface area contributed by atoms with Crippen LogP contribution in [0.15, 0.2) is 24.3 Å². The maximum atomic E-state index is 12.4. The first-order valence-electron chi connectivity index (χ1n) is 7.30. The number of hydrogen-bond acceptors (Lipinski definition) is 3. The summed E-state index contributed by atoms with van der Waals surface area (Å²) in [4.78, 5) is 26.2. The zero-order chi connectivity index (χ0) is 14.1. The predicted molar refractivity (Wildman–Crippen MR) is 77.5 cm³/mol. The summed E-state index contributed by atoms with van der Waals surface area (Å²) < 4.78 is 0. The van der Waals surface area contributed by atoms with Crippen LogP contribution in [0.3, 0.4) is 0 Å². The molecule has 20 heavy (non-hydrogen) atoms. The third-order valence-corrected chi connectivity index (χ3v) is 4.41. The molecule has 1 saturated heterocycles. The van der Waals surface area contributed by atoms with Gasteiger partial charge in [0.15, 0.2) is 0 Å². The Morgan fingerprint density at radius 3 is 2.80 bits per heavy atom. The molecule has 0 saturated carbocycles. The Balaban J connectivity index is 1.76. The van der Waals surface area contributed by atoms with E-state index >= 15 is 0 Å². The number of benzene rings is 1.